The molecule has 5 heteroatoms. The van der Waals surface area contributed by atoms with Crippen molar-refractivity contribution >= 4 is 22.7 Å². The zero-order valence-electron chi connectivity index (χ0n) is 18.9. The first-order valence-electron chi connectivity index (χ1n) is 10.8. The summed E-state index contributed by atoms with van der Waals surface area (Å²) in [6, 6.07) is 18.8. The van der Waals surface area contributed by atoms with E-state index in [9.17, 15) is 9.59 Å². The van der Waals surface area contributed by atoms with E-state index in [0.29, 0.717) is 40.2 Å². The van der Waals surface area contributed by atoms with E-state index in [-0.39, 0.29) is 11.7 Å². The molecule has 0 aliphatic carbocycles. The van der Waals surface area contributed by atoms with E-state index < -0.39 is 0 Å². The second-order valence-corrected chi connectivity index (χ2v) is 7.76. The number of amides is 1. The topological polar surface area (TPSA) is 68.5 Å². The van der Waals surface area contributed by atoms with Crippen LogP contribution in [0.3, 0.4) is 0 Å². The summed E-state index contributed by atoms with van der Waals surface area (Å²) in [6.07, 6.45) is 1.35. The number of carbonyl (C=O) groups excluding carboxylic acids is 2. The number of fused-ring (bicyclic) bond motifs is 1. The van der Waals surface area contributed by atoms with Crippen molar-refractivity contribution in [3.05, 3.63) is 90.1 Å². The van der Waals surface area contributed by atoms with Crippen LogP contribution in [0.15, 0.2) is 77.9 Å². The normalized spacial score (nSPS) is 10.8. The van der Waals surface area contributed by atoms with E-state index in [1.54, 1.807) is 19.1 Å². The highest BCUT2D eigenvalue weighted by atomic mass is 16.5. The van der Waals surface area contributed by atoms with E-state index in [1.807, 2.05) is 62.4 Å². The lowest BCUT2D eigenvalue weighted by Gasteiger charge is -2.12. The number of rotatable bonds is 7. The molecule has 4 rings (SSSR count). The number of aryl methyl sites for hydroxylation is 1. The first-order valence-corrected chi connectivity index (χ1v) is 10.8. The Morgan fingerprint density at radius 1 is 1.06 bits per heavy atom. The fourth-order valence-corrected chi connectivity index (χ4v) is 3.89. The Balaban J connectivity index is 1.95. The summed E-state index contributed by atoms with van der Waals surface area (Å²) in [5, 5.41) is 3.30. The molecule has 0 saturated heterocycles. The van der Waals surface area contributed by atoms with Gasteiger partial charge in [-0.05, 0) is 50.7 Å². The lowest BCUT2D eigenvalue weighted by molar-refractivity contribution is 0.0968. The van der Waals surface area contributed by atoms with Gasteiger partial charge in [0.2, 0.25) is 0 Å². The van der Waals surface area contributed by atoms with Crippen LogP contribution in [0.4, 0.5) is 0 Å². The van der Waals surface area contributed by atoms with Crippen LogP contribution in [0.5, 0.6) is 5.75 Å². The van der Waals surface area contributed by atoms with E-state index >= 15 is 0 Å². The molecular formula is C28H25NO4. The predicted molar refractivity (Wildman–Crippen MR) is 131 cm³/mol. The summed E-state index contributed by atoms with van der Waals surface area (Å²) >= 11 is 0. The number of Topliss-reactive ketones (excluding diaryl/α,β-unsaturated/α-hetero) is 1. The first kappa shape index (κ1) is 22.1. The van der Waals surface area contributed by atoms with Gasteiger partial charge in [-0.25, -0.2) is 0 Å². The molecule has 5 nitrogen and oxygen atoms in total. The smallest absolute Gasteiger partial charge is 0.255 e. The molecule has 4 aromatic rings. The molecule has 0 bridgehead atoms. The zero-order valence-corrected chi connectivity index (χ0v) is 18.9. The Morgan fingerprint density at radius 2 is 1.82 bits per heavy atom. The molecule has 0 aliphatic heterocycles. The van der Waals surface area contributed by atoms with Crippen LogP contribution in [-0.4, -0.2) is 18.3 Å². The van der Waals surface area contributed by atoms with Gasteiger partial charge < -0.3 is 14.5 Å². The molecule has 0 fully saturated rings. The summed E-state index contributed by atoms with van der Waals surface area (Å²) in [6.45, 7) is 9.46. The second kappa shape index (κ2) is 9.17. The van der Waals surface area contributed by atoms with Crippen molar-refractivity contribution in [1.82, 2.24) is 5.32 Å². The second-order valence-electron chi connectivity index (χ2n) is 7.76. The van der Waals surface area contributed by atoms with Gasteiger partial charge in [-0.2, -0.15) is 0 Å². The predicted octanol–water partition coefficient (Wildman–Crippen LogP) is 6.55. The highest BCUT2D eigenvalue weighted by molar-refractivity contribution is 6.12. The quantitative estimate of drug-likeness (QED) is 0.332. The molecular weight excluding hydrogens is 414 g/mol. The maximum Gasteiger partial charge on any atom is 0.255 e. The van der Waals surface area contributed by atoms with Crippen LogP contribution in [0, 0.1) is 6.92 Å². The van der Waals surface area contributed by atoms with E-state index in [1.165, 1.54) is 6.20 Å². The highest BCUT2D eigenvalue weighted by Gasteiger charge is 2.22. The summed E-state index contributed by atoms with van der Waals surface area (Å²) in [5.41, 5.74) is 5.13. The third kappa shape index (κ3) is 4.30. The number of nitrogens with one attached hydrogen (secondary N) is 1. The van der Waals surface area contributed by atoms with Crippen LogP contribution >= 0.6 is 0 Å². The third-order valence-electron chi connectivity index (χ3n) is 5.42. The van der Waals surface area contributed by atoms with Crippen molar-refractivity contribution < 1.29 is 18.7 Å². The molecule has 0 radical (unpaired) electrons. The van der Waals surface area contributed by atoms with Crippen LogP contribution < -0.4 is 10.1 Å². The molecule has 3 aromatic carbocycles. The molecule has 0 spiro atoms. The monoisotopic (exact) mass is 439 g/mol. The van der Waals surface area contributed by atoms with Crippen molar-refractivity contribution in [1.29, 1.82) is 0 Å². The van der Waals surface area contributed by atoms with Crippen molar-refractivity contribution in [2.75, 3.05) is 6.61 Å². The molecule has 1 N–H and O–H groups in total. The van der Waals surface area contributed by atoms with Gasteiger partial charge in [-0.1, -0.05) is 48.5 Å². The average Bonchev–Trinajstić information content (AvgIpc) is 3.18. The fourth-order valence-electron chi connectivity index (χ4n) is 3.89. The lowest BCUT2D eigenvalue weighted by Crippen LogP contribution is -2.16. The molecule has 166 valence electrons. The van der Waals surface area contributed by atoms with Gasteiger partial charge >= 0.3 is 0 Å². The number of benzene rings is 3. The van der Waals surface area contributed by atoms with Crippen LogP contribution in [0.1, 0.15) is 40.1 Å². The largest absolute Gasteiger partial charge is 0.493 e. The van der Waals surface area contributed by atoms with Gasteiger partial charge in [0.05, 0.1) is 12.2 Å². The number of hydrogen-bond acceptors (Lipinski definition) is 4. The fraction of sp³-hybridized carbons (Fsp3) is 0.143. The van der Waals surface area contributed by atoms with Crippen LogP contribution in [-0.2, 0) is 0 Å². The average molecular weight is 440 g/mol. The number of ether oxygens (including phenoxy) is 1. The minimum Gasteiger partial charge on any atom is -0.493 e. The SMILES string of the molecule is C=CNC(=O)c1cccc(-c2cc3c(C(C)=O)c(-c4ccc(C)cc4)oc3cc2OCC)c1. The third-order valence-corrected chi connectivity index (χ3v) is 5.42. The van der Waals surface area contributed by atoms with Crippen LogP contribution in [0.25, 0.3) is 33.4 Å². The maximum atomic E-state index is 12.7. The van der Waals surface area contributed by atoms with Gasteiger partial charge in [0.15, 0.2) is 5.78 Å². The van der Waals surface area contributed by atoms with Crippen molar-refractivity contribution in [2.24, 2.45) is 0 Å². The van der Waals surface area contributed by atoms with Gasteiger partial charge in [0, 0.05) is 28.1 Å². The van der Waals surface area contributed by atoms with Crippen molar-refractivity contribution in [3.63, 3.8) is 0 Å². The minimum atomic E-state index is -0.250. The first-order chi connectivity index (χ1) is 15.9. The van der Waals surface area contributed by atoms with Crippen molar-refractivity contribution in [2.45, 2.75) is 20.8 Å². The van der Waals surface area contributed by atoms with E-state index in [2.05, 4.69) is 11.9 Å². The number of hydrogen-bond donors (Lipinski definition) is 1. The number of carbonyl (C=O) groups is 2. The Labute approximate surface area is 192 Å². The van der Waals surface area contributed by atoms with Gasteiger partial charge in [-0.15, -0.1) is 0 Å². The Morgan fingerprint density at radius 3 is 2.48 bits per heavy atom. The summed E-state index contributed by atoms with van der Waals surface area (Å²) in [5.74, 6) is 0.820. The Bertz CT molecular complexity index is 1360. The lowest BCUT2D eigenvalue weighted by atomic mass is 9.97. The zero-order chi connectivity index (χ0) is 23.5. The number of furan rings is 1. The Hall–Kier alpha value is -4.12. The molecule has 0 unspecified atom stereocenters. The summed E-state index contributed by atoms with van der Waals surface area (Å²) < 4.78 is 12.1. The minimum absolute atomic E-state index is 0.0847. The maximum absolute atomic E-state index is 12.7. The van der Waals surface area contributed by atoms with E-state index in [0.717, 1.165) is 22.3 Å². The van der Waals surface area contributed by atoms with Gasteiger partial charge in [-0.3, -0.25) is 9.59 Å². The highest BCUT2D eigenvalue weighted by Crippen LogP contribution is 2.41. The molecule has 1 amide bonds. The number of ketones is 1. The molecule has 1 aromatic heterocycles. The Kier molecular flexibility index (Phi) is 6.13. The van der Waals surface area contributed by atoms with Gasteiger partial charge in [0.25, 0.3) is 5.91 Å². The summed E-state index contributed by atoms with van der Waals surface area (Å²) in [7, 11) is 0. The molecule has 0 atom stereocenters. The molecule has 1 heterocycles. The van der Waals surface area contributed by atoms with E-state index in [4.69, 9.17) is 9.15 Å². The summed E-state index contributed by atoms with van der Waals surface area (Å²) in [4.78, 5) is 25.0. The standard InChI is InChI=1S/C28H25NO4/c1-5-29-28(31)21-9-7-8-20(14-21)22-15-23-25(16-24(22)32-6-2)33-27(26(23)18(4)30)19-12-10-17(3)11-13-19/h5,7-16H,1,6H2,2-4H3,(H,29,31). The molecule has 33 heavy (non-hydrogen) atoms. The van der Waals surface area contributed by atoms with Crippen LogP contribution in [0.2, 0.25) is 0 Å². The molecule has 0 aliphatic rings. The van der Waals surface area contributed by atoms with Gasteiger partial charge in [0.1, 0.15) is 17.1 Å². The van der Waals surface area contributed by atoms with Crippen molar-refractivity contribution in [3.8, 4) is 28.2 Å². The molecule has 0 saturated carbocycles.